The number of nitrogens with zero attached hydrogens (tertiary/aromatic N) is 2. The zero-order valence-electron chi connectivity index (χ0n) is 23.5. The number of carbonyl (C=O) groups is 1. The number of esters is 1. The van der Waals surface area contributed by atoms with Gasteiger partial charge in [0.2, 0.25) is 10.0 Å². The van der Waals surface area contributed by atoms with Gasteiger partial charge in [-0.3, -0.25) is 0 Å². The second kappa shape index (κ2) is 10.4. The van der Waals surface area contributed by atoms with Crippen molar-refractivity contribution in [2.24, 2.45) is 27.8 Å². The number of hydrogen-bond acceptors (Lipinski definition) is 6. The number of sulfonamides is 1. The molecule has 1 heterocycles. The lowest BCUT2D eigenvalue weighted by molar-refractivity contribution is -0.148. The maximum Gasteiger partial charge on any atom is 0.356 e. The van der Waals surface area contributed by atoms with Crippen LogP contribution >= 0.6 is 0 Å². The van der Waals surface area contributed by atoms with Gasteiger partial charge in [0.25, 0.3) is 0 Å². The Morgan fingerprint density at radius 3 is 2.16 bits per heavy atom. The van der Waals surface area contributed by atoms with Crippen molar-refractivity contribution < 1.29 is 22.8 Å². The molecule has 0 N–H and O–H groups in total. The van der Waals surface area contributed by atoms with E-state index in [1.54, 1.807) is 0 Å². The Hall–Kier alpha value is -1.15. The molecule has 5 atom stereocenters. The minimum Gasteiger partial charge on any atom is -0.457 e. The van der Waals surface area contributed by atoms with E-state index in [1.165, 1.54) is 12.8 Å². The first-order valence-corrected chi connectivity index (χ1v) is 17.3. The molecule has 0 aromatic rings. The van der Waals surface area contributed by atoms with Crippen LogP contribution in [-0.2, 0) is 24.4 Å². The highest BCUT2D eigenvalue weighted by atomic mass is 32.2. The predicted octanol–water partition coefficient (Wildman–Crippen LogP) is 5.97. The SMILES string of the molecule is CC1(C)[C@@H]2CC[C@@]1(CS(=O)(=O)N(C1CCCCC1)C1CCCCC1)[C@H](OC(=O)C1=NO[C@@H]3CCCC[C@H]13)C2. The molecular weight excluding hydrogens is 500 g/mol. The second-order valence-corrected chi connectivity index (χ2v) is 15.8. The van der Waals surface area contributed by atoms with Crippen LogP contribution in [0.4, 0.5) is 0 Å². The summed E-state index contributed by atoms with van der Waals surface area (Å²) in [5.41, 5.74) is -0.323. The Kier molecular flexibility index (Phi) is 7.37. The van der Waals surface area contributed by atoms with Gasteiger partial charge in [0.05, 0.1) is 11.7 Å². The molecule has 5 aliphatic carbocycles. The Bertz CT molecular complexity index is 1010. The lowest BCUT2D eigenvalue weighted by Gasteiger charge is -2.46. The zero-order valence-corrected chi connectivity index (χ0v) is 24.4. The van der Waals surface area contributed by atoms with E-state index < -0.39 is 15.4 Å². The predicted molar refractivity (Wildman–Crippen MR) is 147 cm³/mol. The van der Waals surface area contributed by atoms with Crippen LogP contribution in [0.1, 0.15) is 123 Å². The topological polar surface area (TPSA) is 85.3 Å². The summed E-state index contributed by atoms with van der Waals surface area (Å²) in [7, 11) is -3.54. The first-order valence-electron chi connectivity index (χ1n) is 15.7. The standard InChI is InChI=1S/C30H48N2O5S/c1-29(2)21-17-18-30(29,26(19-21)36-28(33)27-24-15-9-10-16-25(24)37-31-27)20-38(34,35)32(22-11-5-3-6-12-22)23-13-7-4-8-14-23/h21-26H,3-20H2,1-2H3/t21-,24+,25-,26-,30-/m1/s1. The molecule has 0 unspecified atom stereocenters. The summed E-state index contributed by atoms with van der Waals surface area (Å²) in [5, 5.41) is 4.18. The monoisotopic (exact) mass is 548 g/mol. The van der Waals surface area contributed by atoms with E-state index in [0.29, 0.717) is 11.6 Å². The van der Waals surface area contributed by atoms with Gasteiger partial charge in [0.1, 0.15) is 12.2 Å². The van der Waals surface area contributed by atoms with Crippen molar-refractivity contribution in [2.75, 3.05) is 5.75 Å². The molecule has 8 heteroatoms. The van der Waals surface area contributed by atoms with Crippen molar-refractivity contribution in [3.63, 3.8) is 0 Å². The molecular formula is C30H48N2O5S. The van der Waals surface area contributed by atoms with Crippen molar-refractivity contribution in [2.45, 2.75) is 147 Å². The number of oxime groups is 1. The minimum atomic E-state index is -3.54. The fourth-order valence-electron chi connectivity index (χ4n) is 9.44. The largest absolute Gasteiger partial charge is 0.457 e. The minimum absolute atomic E-state index is 0.00310. The summed E-state index contributed by atoms with van der Waals surface area (Å²) >= 11 is 0. The van der Waals surface area contributed by atoms with Gasteiger partial charge >= 0.3 is 5.97 Å². The van der Waals surface area contributed by atoms with Gasteiger partial charge in [0, 0.05) is 17.5 Å². The quantitative estimate of drug-likeness (QED) is 0.366. The number of rotatable bonds is 7. The molecule has 6 aliphatic rings. The Morgan fingerprint density at radius 1 is 0.921 bits per heavy atom. The van der Waals surface area contributed by atoms with Crippen LogP contribution in [0.25, 0.3) is 0 Å². The molecule has 0 aromatic heterocycles. The van der Waals surface area contributed by atoms with Crippen LogP contribution in [0, 0.1) is 22.7 Å². The van der Waals surface area contributed by atoms with Crippen LogP contribution in [0.3, 0.4) is 0 Å². The van der Waals surface area contributed by atoms with E-state index in [-0.39, 0.29) is 47.3 Å². The molecule has 38 heavy (non-hydrogen) atoms. The van der Waals surface area contributed by atoms with Gasteiger partial charge in [-0.05, 0) is 75.5 Å². The van der Waals surface area contributed by atoms with Gasteiger partial charge in [0.15, 0.2) is 5.71 Å². The van der Waals surface area contributed by atoms with Crippen LogP contribution in [0.15, 0.2) is 5.16 Å². The summed E-state index contributed by atoms with van der Waals surface area (Å²) in [6.45, 7) is 4.46. The Labute approximate surface area is 229 Å². The molecule has 5 saturated carbocycles. The van der Waals surface area contributed by atoms with E-state index in [1.807, 2.05) is 4.31 Å². The summed E-state index contributed by atoms with van der Waals surface area (Å²) in [6, 6.07) is 0.258. The number of fused-ring (bicyclic) bond motifs is 3. The number of carbonyl (C=O) groups excluding carboxylic acids is 1. The van der Waals surface area contributed by atoms with Gasteiger partial charge in [-0.15, -0.1) is 0 Å². The third-order valence-corrected chi connectivity index (χ3v) is 13.9. The van der Waals surface area contributed by atoms with Crippen LogP contribution in [-0.4, -0.2) is 54.4 Å². The highest BCUT2D eigenvalue weighted by Crippen LogP contribution is 2.67. The van der Waals surface area contributed by atoms with Gasteiger partial charge in [-0.1, -0.05) is 63.9 Å². The van der Waals surface area contributed by atoms with Gasteiger partial charge in [-0.2, -0.15) is 4.31 Å². The Balaban J connectivity index is 1.26. The average molecular weight is 549 g/mol. The van der Waals surface area contributed by atoms with E-state index in [4.69, 9.17) is 9.57 Å². The summed E-state index contributed by atoms with van der Waals surface area (Å²) in [6.07, 6.45) is 17.0. The lowest BCUT2D eigenvalue weighted by Crippen LogP contribution is -2.55. The second-order valence-electron chi connectivity index (χ2n) is 13.9. The normalized spacial score (nSPS) is 37.6. The summed E-state index contributed by atoms with van der Waals surface area (Å²) in [5.74, 6) is 0.123. The van der Waals surface area contributed by atoms with E-state index in [9.17, 15) is 13.2 Å². The first-order chi connectivity index (χ1) is 18.2. The third-order valence-electron chi connectivity index (χ3n) is 11.8. The number of hydrogen-bond donors (Lipinski definition) is 0. The van der Waals surface area contributed by atoms with Gasteiger partial charge in [-0.25, -0.2) is 13.2 Å². The maximum absolute atomic E-state index is 14.6. The molecule has 0 amide bonds. The molecule has 6 rings (SSSR count). The van der Waals surface area contributed by atoms with Crippen molar-refractivity contribution in [3.8, 4) is 0 Å². The fraction of sp³-hybridized carbons (Fsp3) is 0.933. The molecule has 1 aliphatic heterocycles. The van der Waals surface area contributed by atoms with Crippen LogP contribution in [0.2, 0.25) is 0 Å². The molecule has 0 radical (unpaired) electrons. The molecule has 0 spiro atoms. The molecule has 0 saturated heterocycles. The smallest absolute Gasteiger partial charge is 0.356 e. The summed E-state index contributed by atoms with van der Waals surface area (Å²) in [4.78, 5) is 19.1. The molecule has 0 aromatic carbocycles. The van der Waals surface area contributed by atoms with E-state index >= 15 is 0 Å². The van der Waals surface area contributed by atoms with Crippen molar-refractivity contribution in [1.29, 1.82) is 0 Å². The van der Waals surface area contributed by atoms with E-state index in [0.717, 1.165) is 96.3 Å². The average Bonchev–Trinajstić information content (AvgIpc) is 3.50. The van der Waals surface area contributed by atoms with Gasteiger partial charge < -0.3 is 9.57 Å². The van der Waals surface area contributed by atoms with Crippen molar-refractivity contribution >= 4 is 21.7 Å². The first kappa shape index (κ1) is 27.0. The zero-order chi connectivity index (χ0) is 26.5. The lowest BCUT2D eigenvalue weighted by atomic mass is 9.69. The molecule has 214 valence electrons. The molecule has 7 nitrogen and oxygen atoms in total. The highest BCUT2D eigenvalue weighted by Gasteiger charge is 2.67. The summed E-state index contributed by atoms with van der Waals surface area (Å²) < 4.78 is 37.4. The third kappa shape index (κ3) is 4.53. The fourth-order valence-corrected chi connectivity index (χ4v) is 12.3. The number of ether oxygens (including phenoxy) is 1. The van der Waals surface area contributed by atoms with Crippen molar-refractivity contribution in [3.05, 3.63) is 0 Å². The van der Waals surface area contributed by atoms with Crippen LogP contribution < -0.4 is 0 Å². The Morgan fingerprint density at radius 2 is 1.53 bits per heavy atom. The van der Waals surface area contributed by atoms with Crippen LogP contribution in [0.5, 0.6) is 0 Å². The highest BCUT2D eigenvalue weighted by molar-refractivity contribution is 7.89. The van der Waals surface area contributed by atoms with Crippen molar-refractivity contribution in [1.82, 2.24) is 4.31 Å². The molecule has 2 bridgehead atoms. The van der Waals surface area contributed by atoms with E-state index in [2.05, 4.69) is 19.0 Å². The maximum atomic E-state index is 14.6. The molecule has 5 fully saturated rings.